The predicted molar refractivity (Wildman–Crippen MR) is 102 cm³/mol. The van der Waals surface area contributed by atoms with Crippen molar-refractivity contribution < 1.29 is 14.3 Å². The summed E-state index contributed by atoms with van der Waals surface area (Å²) in [5.41, 5.74) is 1.81. The quantitative estimate of drug-likeness (QED) is 0.477. The Kier molecular flexibility index (Phi) is 7.44. The second kappa shape index (κ2) is 9.79. The Morgan fingerprint density at radius 1 is 1.38 bits per heavy atom. The van der Waals surface area contributed by atoms with Crippen molar-refractivity contribution in [2.45, 2.75) is 33.2 Å². The smallest absolute Gasteiger partial charge is 0.310 e. The van der Waals surface area contributed by atoms with Gasteiger partial charge in [0.15, 0.2) is 5.96 Å². The Bertz CT molecular complexity index is 660. The Morgan fingerprint density at radius 2 is 2.19 bits per heavy atom. The molecule has 1 saturated heterocycles. The number of carbonyl (C=O) groups excluding carboxylic acids is 2. The summed E-state index contributed by atoms with van der Waals surface area (Å²) < 4.78 is 5.16. The maximum atomic E-state index is 12.0. The van der Waals surface area contributed by atoms with Gasteiger partial charge in [-0.05, 0) is 37.5 Å². The van der Waals surface area contributed by atoms with Crippen LogP contribution < -0.4 is 10.6 Å². The van der Waals surface area contributed by atoms with Gasteiger partial charge in [-0.1, -0.05) is 12.1 Å². The molecule has 0 bridgehead atoms. The number of amides is 1. The number of esters is 1. The number of likely N-dealkylation sites (tertiary alicyclic amines) is 1. The molecule has 2 N–H and O–H groups in total. The van der Waals surface area contributed by atoms with Crippen LogP contribution >= 0.6 is 0 Å². The highest BCUT2D eigenvalue weighted by atomic mass is 16.5. The number of anilines is 1. The summed E-state index contributed by atoms with van der Waals surface area (Å²) in [6, 6.07) is 7.68. The van der Waals surface area contributed by atoms with Crippen molar-refractivity contribution in [1.82, 2.24) is 10.2 Å². The van der Waals surface area contributed by atoms with Crippen LogP contribution in [0.2, 0.25) is 0 Å². The molecule has 0 spiro atoms. The van der Waals surface area contributed by atoms with Gasteiger partial charge >= 0.3 is 5.97 Å². The zero-order valence-corrected chi connectivity index (χ0v) is 15.7. The van der Waals surface area contributed by atoms with E-state index in [1.54, 1.807) is 7.05 Å². The Morgan fingerprint density at radius 3 is 2.88 bits per heavy atom. The van der Waals surface area contributed by atoms with E-state index < -0.39 is 0 Å². The van der Waals surface area contributed by atoms with Crippen LogP contribution in [-0.2, 0) is 20.9 Å². The van der Waals surface area contributed by atoms with Gasteiger partial charge in [-0.2, -0.15) is 0 Å². The van der Waals surface area contributed by atoms with Crippen molar-refractivity contribution in [1.29, 1.82) is 0 Å². The molecule has 1 amide bonds. The lowest BCUT2D eigenvalue weighted by molar-refractivity contribution is -0.149. The number of guanidine groups is 1. The van der Waals surface area contributed by atoms with E-state index in [0.717, 1.165) is 36.6 Å². The lowest BCUT2D eigenvalue weighted by Crippen LogP contribution is -2.48. The first kappa shape index (κ1) is 19.8. The summed E-state index contributed by atoms with van der Waals surface area (Å²) in [5.74, 6) is 0.439. The van der Waals surface area contributed by atoms with E-state index in [0.29, 0.717) is 19.7 Å². The molecule has 0 aromatic heterocycles. The van der Waals surface area contributed by atoms with E-state index in [9.17, 15) is 9.59 Å². The molecule has 1 atom stereocenters. The van der Waals surface area contributed by atoms with Gasteiger partial charge in [-0.3, -0.25) is 14.6 Å². The first-order chi connectivity index (χ1) is 12.5. The second-order valence-electron chi connectivity index (χ2n) is 6.32. The third kappa shape index (κ3) is 5.75. The first-order valence-corrected chi connectivity index (χ1v) is 9.02. The van der Waals surface area contributed by atoms with Crippen molar-refractivity contribution in [3.8, 4) is 0 Å². The average Bonchev–Trinajstić information content (AvgIpc) is 2.62. The van der Waals surface area contributed by atoms with Gasteiger partial charge < -0.3 is 20.3 Å². The molecule has 142 valence electrons. The van der Waals surface area contributed by atoms with E-state index in [1.807, 2.05) is 31.2 Å². The maximum absolute atomic E-state index is 12.0. The fraction of sp³-hybridized carbons (Fsp3) is 0.526. The fourth-order valence-corrected chi connectivity index (χ4v) is 3.10. The Labute approximate surface area is 154 Å². The molecule has 1 heterocycles. The molecule has 1 unspecified atom stereocenters. The average molecular weight is 360 g/mol. The molecule has 7 heteroatoms. The molecular formula is C19H28N4O3. The number of hydrogen-bond donors (Lipinski definition) is 2. The summed E-state index contributed by atoms with van der Waals surface area (Å²) in [7, 11) is 1.74. The van der Waals surface area contributed by atoms with Gasteiger partial charge in [0.05, 0.1) is 12.5 Å². The van der Waals surface area contributed by atoms with E-state index >= 15 is 0 Å². The third-order valence-corrected chi connectivity index (χ3v) is 4.25. The van der Waals surface area contributed by atoms with Crippen LogP contribution in [0.4, 0.5) is 5.69 Å². The van der Waals surface area contributed by atoms with Gasteiger partial charge in [0.25, 0.3) is 0 Å². The fourth-order valence-electron chi connectivity index (χ4n) is 3.10. The summed E-state index contributed by atoms with van der Waals surface area (Å²) in [6.07, 6.45) is 1.79. The predicted octanol–water partition coefficient (Wildman–Crippen LogP) is 2.00. The molecule has 0 aliphatic carbocycles. The van der Waals surface area contributed by atoms with Crippen LogP contribution in [0.3, 0.4) is 0 Å². The van der Waals surface area contributed by atoms with Crippen LogP contribution in [0.1, 0.15) is 32.3 Å². The SMILES string of the molecule is CCOC(=O)C1CCCN(C(=NC)NCc2cccc(NC(C)=O)c2)C1. The minimum absolute atomic E-state index is 0.0933. The number of aliphatic imine (C=N–C) groups is 1. The monoisotopic (exact) mass is 360 g/mol. The molecule has 1 aromatic carbocycles. The summed E-state index contributed by atoms with van der Waals surface area (Å²) in [4.78, 5) is 29.6. The molecule has 1 aromatic rings. The number of piperidine rings is 1. The number of ether oxygens (including phenoxy) is 1. The molecule has 2 rings (SSSR count). The van der Waals surface area contributed by atoms with Crippen LogP contribution in [0.25, 0.3) is 0 Å². The molecule has 1 aliphatic heterocycles. The largest absolute Gasteiger partial charge is 0.466 e. The van der Waals surface area contributed by atoms with E-state index in [4.69, 9.17) is 4.74 Å². The summed E-state index contributed by atoms with van der Waals surface area (Å²) >= 11 is 0. The van der Waals surface area contributed by atoms with Crippen LogP contribution in [0, 0.1) is 5.92 Å². The van der Waals surface area contributed by atoms with Crippen LogP contribution in [0.5, 0.6) is 0 Å². The standard InChI is InChI=1S/C19H28N4O3/c1-4-26-18(25)16-8-6-10-23(13-16)19(20-3)21-12-15-7-5-9-17(11-15)22-14(2)24/h5,7,9,11,16H,4,6,8,10,12-13H2,1-3H3,(H,20,21)(H,22,24). The summed E-state index contributed by atoms with van der Waals surface area (Å²) in [5, 5.41) is 6.12. The van der Waals surface area contributed by atoms with E-state index in [1.165, 1.54) is 6.92 Å². The minimum atomic E-state index is -0.129. The Balaban J connectivity index is 1.95. The molecule has 1 fully saturated rings. The molecular weight excluding hydrogens is 332 g/mol. The highest BCUT2D eigenvalue weighted by Gasteiger charge is 2.28. The van der Waals surface area contributed by atoms with E-state index in [-0.39, 0.29) is 17.8 Å². The van der Waals surface area contributed by atoms with Crippen molar-refractivity contribution >= 4 is 23.5 Å². The lowest BCUT2D eigenvalue weighted by atomic mass is 9.98. The molecule has 7 nitrogen and oxygen atoms in total. The number of rotatable bonds is 5. The number of nitrogens with zero attached hydrogens (tertiary/aromatic N) is 2. The number of hydrogen-bond acceptors (Lipinski definition) is 4. The van der Waals surface area contributed by atoms with Gasteiger partial charge in [-0.25, -0.2) is 0 Å². The normalized spacial score (nSPS) is 17.6. The van der Waals surface area contributed by atoms with Crippen LogP contribution in [0.15, 0.2) is 29.3 Å². The zero-order chi connectivity index (χ0) is 18.9. The number of nitrogens with one attached hydrogen (secondary N) is 2. The van der Waals surface area contributed by atoms with Crippen molar-refractivity contribution in [2.75, 3.05) is 32.1 Å². The lowest BCUT2D eigenvalue weighted by Gasteiger charge is -2.34. The first-order valence-electron chi connectivity index (χ1n) is 9.02. The number of benzene rings is 1. The van der Waals surface area contributed by atoms with Crippen LogP contribution in [-0.4, -0.2) is 49.5 Å². The van der Waals surface area contributed by atoms with Crippen molar-refractivity contribution in [3.05, 3.63) is 29.8 Å². The van der Waals surface area contributed by atoms with Crippen molar-refractivity contribution in [2.24, 2.45) is 10.9 Å². The molecule has 26 heavy (non-hydrogen) atoms. The number of carbonyl (C=O) groups is 2. The van der Waals surface area contributed by atoms with Gasteiger partial charge in [0.1, 0.15) is 0 Å². The maximum Gasteiger partial charge on any atom is 0.310 e. The third-order valence-electron chi connectivity index (χ3n) is 4.25. The van der Waals surface area contributed by atoms with Gasteiger partial charge in [0.2, 0.25) is 5.91 Å². The second-order valence-corrected chi connectivity index (χ2v) is 6.32. The molecule has 0 radical (unpaired) electrons. The molecule has 0 saturated carbocycles. The van der Waals surface area contributed by atoms with Gasteiger partial charge in [-0.15, -0.1) is 0 Å². The highest BCUT2D eigenvalue weighted by molar-refractivity contribution is 5.88. The Hall–Kier alpha value is -2.57. The highest BCUT2D eigenvalue weighted by Crippen LogP contribution is 2.18. The molecule has 1 aliphatic rings. The topological polar surface area (TPSA) is 83.0 Å². The minimum Gasteiger partial charge on any atom is -0.466 e. The van der Waals surface area contributed by atoms with Gasteiger partial charge in [0, 0.05) is 39.3 Å². The summed E-state index contributed by atoms with van der Waals surface area (Å²) in [6.45, 7) is 5.79. The zero-order valence-electron chi connectivity index (χ0n) is 15.7. The van der Waals surface area contributed by atoms with Crippen molar-refractivity contribution in [3.63, 3.8) is 0 Å². The van der Waals surface area contributed by atoms with E-state index in [2.05, 4.69) is 20.5 Å².